The first-order chi connectivity index (χ1) is 8.24. The van der Waals surface area contributed by atoms with Gasteiger partial charge in [0.1, 0.15) is 5.82 Å². The summed E-state index contributed by atoms with van der Waals surface area (Å²) >= 11 is 0. The van der Waals surface area contributed by atoms with Crippen LogP contribution in [0.5, 0.6) is 0 Å². The molecule has 0 aliphatic carbocycles. The Bertz CT molecular complexity index is 396. The molecule has 1 rings (SSSR count). The number of rotatable bonds is 4. The Kier molecular flexibility index (Phi) is 4.88. The molecule has 0 radical (unpaired) electrons. The highest BCUT2D eigenvalue weighted by molar-refractivity contribution is 5.26. The number of benzene rings is 1. The molecule has 1 aromatic carbocycles. The topological polar surface area (TPSA) is 29.3 Å². The first kappa shape index (κ1) is 15.1. The van der Waals surface area contributed by atoms with Crippen LogP contribution in [0.1, 0.15) is 37.9 Å². The molecular formula is C15H25FN2. The Balaban J connectivity index is 2.91. The van der Waals surface area contributed by atoms with E-state index in [-0.39, 0.29) is 17.3 Å². The summed E-state index contributed by atoms with van der Waals surface area (Å²) < 4.78 is 13.3. The molecule has 1 unspecified atom stereocenters. The fourth-order valence-electron chi connectivity index (χ4n) is 2.30. The van der Waals surface area contributed by atoms with Gasteiger partial charge in [0.05, 0.1) is 0 Å². The largest absolute Gasteiger partial charge is 0.329 e. The Morgan fingerprint density at radius 1 is 1.33 bits per heavy atom. The van der Waals surface area contributed by atoms with Gasteiger partial charge in [-0.2, -0.15) is 0 Å². The Hall–Kier alpha value is -0.930. The maximum absolute atomic E-state index is 13.3. The highest BCUT2D eigenvalue weighted by atomic mass is 19.1. The van der Waals surface area contributed by atoms with Gasteiger partial charge in [0.2, 0.25) is 0 Å². The SMILES string of the molecule is Cc1cc(C(CN)N(C)CC(C)(C)C)ccc1F. The summed E-state index contributed by atoms with van der Waals surface area (Å²) in [5.74, 6) is -0.159. The molecule has 18 heavy (non-hydrogen) atoms. The standard InChI is InChI=1S/C15H25FN2/c1-11-8-12(6-7-13(11)16)14(9-17)18(5)10-15(2,3)4/h6-8,14H,9-10,17H2,1-5H3. The predicted octanol–water partition coefficient (Wildman–Crippen LogP) is 3.11. The maximum Gasteiger partial charge on any atom is 0.126 e. The van der Waals surface area contributed by atoms with E-state index >= 15 is 0 Å². The number of hydrogen-bond acceptors (Lipinski definition) is 2. The molecule has 2 nitrogen and oxygen atoms in total. The molecule has 1 atom stereocenters. The van der Waals surface area contributed by atoms with Crippen molar-refractivity contribution in [3.63, 3.8) is 0 Å². The van der Waals surface area contributed by atoms with Crippen LogP contribution in [0.25, 0.3) is 0 Å². The van der Waals surface area contributed by atoms with Crippen LogP contribution in [0, 0.1) is 18.2 Å². The maximum atomic E-state index is 13.3. The number of hydrogen-bond donors (Lipinski definition) is 1. The molecule has 0 heterocycles. The monoisotopic (exact) mass is 252 g/mol. The molecule has 102 valence electrons. The van der Waals surface area contributed by atoms with Crippen LogP contribution in [0.3, 0.4) is 0 Å². The van der Waals surface area contributed by atoms with Crippen molar-refractivity contribution in [1.29, 1.82) is 0 Å². The summed E-state index contributed by atoms with van der Waals surface area (Å²) in [4.78, 5) is 2.24. The van der Waals surface area contributed by atoms with Crippen molar-refractivity contribution in [1.82, 2.24) is 4.90 Å². The molecular weight excluding hydrogens is 227 g/mol. The first-order valence-corrected chi connectivity index (χ1v) is 6.41. The van der Waals surface area contributed by atoms with Crippen molar-refractivity contribution in [3.8, 4) is 0 Å². The average Bonchev–Trinajstić information content (AvgIpc) is 2.21. The van der Waals surface area contributed by atoms with E-state index in [9.17, 15) is 4.39 Å². The van der Waals surface area contributed by atoms with Gasteiger partial charge in [0.15, 0.2) is 0 Å². The van der Waals surface area contributed by atoms with Crippen LogP contribution in [0.2, 0.25) is 0 Å². The number of aryl methyl sites for hydroxylation is 1. The van der Waals surface area contributed by atoms with Gasteiger partial charge in [0.25, 0.3) is 0 Å². The summed E-state index contributed by atoms with van der Waals surface area (Å²) in [6, 6.07) is 5.40. The second kappa shape index (κ2) is 5.81. The van der Waals surface area contributed by atoms with Crippen LogP contribution in [0.4, 0.5) is 4.39 Å². The minimum Gasteiger partial charge on any atom is -0.329 e. The molecule has 0 spiro atoms. The summed E-state index contributed by atoms with van der Waals surface area (Å²) in [5.41, 5.74) is 7.86. The molecule has 0 amide bonds. The molecule has 0 aromatic heterocycles. The van der Waals surface area contributed by atoms with Gasteiger partial charge in [-0.05, 0) is 36.6 Å². The smallest absolute Gasteiger partial charge is 0.126 e. The minimum atomic E-state index is -0.159. The zero-order valence-corrected chi connectivity index (χ0v) is 12.1. The van der Waals surface area contributed by atoms with E-state index in [2.05, 4.69) is 32.7 Å². The van der Waals surface area contributed by atoms with E-state index in [4.69, 9.17) is 5.73 Å². The average molecular weight is 252 g/mol. The summed E-state index contributed by atoms with van der Waals surface area (Å²) in [6.45, 7) is 9.88. The summed E-state index contributed by atoms with van der Waals surface area (Å²) in [7, 11) is 2.07. The molecule has 0 saturated heterocycles. The lowest BCUT2D eigenvalue weighted by atomic mass is 9.94. The van der Waals surface area contributed by atoms with Crippen LogP contribution in [0.15, 0.2) is 18.2 Å². The number of nitrogens with two attached hydrogens (primary N) is 1. The van der Waals surface area contributed by atoms with E-state index in [1.165, 1.54) is 6.07 Å². The van der Waals surface area contributed by atoms with Crippen molar-refractivity contribution in [2.75, 3.05) is 20.1 Å². The van der Waals surface area contributed by atoms with Gasteiger partial charge < -0.3 is 5.73 Å². The van der Waals surface area contributed by atoms with Gasteiger partial charge in [-0.15, -0.1) is 0 Å². The Morgan fingerprint density at radius 3 is 2.39 bits per heavy atom. The molecule has 0 fully saturated rings. The summed E-state index contributed by atoms with van der Waals surface area (Å²) in [5, 5.41) is 0. The third kappa shape index (κ3) is 4.07. The van der Waals surface area contributed by atoms with Crippen LogP contribution in [-0.2, 0) is 0 Å². The highest BCUT2D eigenvalue weighted by Crippen LogP contribution is 2.24. The van der Waals surface area contributed by atoms with E-state index in [0.29, 0.717) is 12.1 Å². The molecule has 2 N–H and O–H groups in total. The summed E-state index contributed by atoms with van der Waals surface area (Å²) in [6.07, 6.45) is 0. The van der Waals surface area contributed by atoms with Gasteiger partial charge in [0, 0.05) is 19.1 Å². The predicted molar refractivity (Wildman–Crippen MR) is 75.0 cm³/mol. The lowest BCUT2D eigenvalue weighted by Crippen LogP contribution is -2.36. The number of likely N-dealkylation sites (N-methyl/N-ethyl adjacent to an activating group) is 1. The van der Waals surface area contributed by atoms with Crippen molar-refractivity contribution in [2.24, 2.45) is 11.1 Å². The third-order valence-corrected chi connectivity index (χ3v) is 3.05. The third-order valence-electron chi connectivity index (χ3n) is 3.05. The highest BCUT2D eigenvalue weighted by Gasteiger charge is 2.21. The van der Waals surface area contributed by atoms with Gasteiger partial charge in [-0.25, -0.2) is 4.39 Å². The fourth-order valence-corrected chi connectivity index (χ4v) is 2.30. The second-order valence-electron chi connectivity index (χ2n) is 6.24. The molecule has 0 bridgehead atoms. The second-order valence-corrected chi connectivity index (χ2v) is 6.24. The van der Waals surface area contributed by atoms with Gasteiger partial charge in [-0.3, -0.25) is 4.90 Å². The molecule has 0 aliphatic rings. The number of halogens is 1. The van der Waals surface area contributed by atoms with E-state index in [1.807, 2.05) is 12.1 Å². The van der Waals surface area contributed by atoms with Crippen molar-refractivity contribution in [2.45, 2.75) is 33.7 Å². The zero-order chi connectivity index (χ0) is 13.9. The Morgan fingerprint density at radius 2 is 1.94 bits per heavy atom. The van der Waals surface area contributed by atoms with E-state index in [1.54, 1.807) is 6.92 Å². The molecule has 0 aliphatic heterocycles. The fraction of sp³-hybridized carbons (Fsp3) is 0.600. The lowest BCUT2D eigenvalue weighted by Gasteiger charge is -2.33. The molecule has 1 aromatic rings. The van der Waals surface area contributed by atoms with E-state index in [0.717, 1.165) is 12.1 Å². The van der Waals surface area contributed by atoms with Crippen LogP contribution in [-0.4, -0.2) is 25.0 Å². The minimum absolute atomic E-state index is 0.142. The first-order valence-electron chi connectivity index (χ1n) is 6.41. The van der Waals surface area contributed by atoms with Gasteiger partial charge in [-0.1, -0.05) is 32.9 Å². The van der Waals surface area contributed by atoms with Crippen molar-refractivity contribution >= 4 is 0 Å². The van der Waals surface area contributed by atoms with Crippen molar-refractivity contribution < 1.29 is 4.39 Å². The lowest BCUT2D eigenvalue weighted by molar-refractivity contribution is 0.175. The normalized spacial score (nSPS) is 14.0. The van der Waals surface area contributed by atoms with Crippen LogP contribution >= 0.6 is 0 Å². The van der Waals surface area contributed by atoms with Crippen molar-refractivity contribution in [3.05, 3.63) is 35.1 Å². The van der Waals surface area contributed by atoms with Crippen LogP contribution < -0.4 is 5.73 Å². The zero-order valence-electron chi connectivity index (χ0n) is 12.1. The quantitative estimate of drug-likeness (QED) is 0.892. The number of nitrogens with zero attached hydrogens (tertiary/aromatic N) is 1. The molecule has 0 saturated carbocycles. The Labute approximate surface area is 110 Å². The van der Waals surface area contributed by atoms with E-state index < -0.39 is 0 Å². The van der Waals surface area contributed by atoms with Gasteiger partial charge >= 0.3 is 0 Å². The molecule has 3 heteroatoms.